The number of amides is 1. The Bertz CT molecular complexity index is 600. The first-order chi connectivity index (χ1) is 9.43. The van der Waals surface area contributed by atoms with Crippen LogP contribution in [0.2, 0.25) is 0 Å². The fourth-order valence-electron chi connectivity index (χ4n) is 2.50. The molecule has 0 unspecified atom stereocenters. The minimum atomic E-state index is -2.98. The monoisotopic (exact) mass is 407 g/mol. The summed E-state index contributed by atoms with van der Waals surface area (Å²) < 4.78 is 24.3. The molecule has 1 aromatic rings. The van der Waals surface area contributed by atoms with Crippen molar-refractivity contribution in [2.75, 3.05) is 18.1 Å². The van der Waals surface area contributed by atoms with E-state index in [-0.39, 0.29) is 23.5 Å². The molecule has 1 amide bonds. The highest BCUT2D eigenvalue weighted by Gasteiger charge is 2.34. The number of carbonyl (C=O) groups excluding carboxylic acids is 1. The maximum Gasteiger partial charge on any atom is 0.254 e. The minimum Gasteiger partial charge on any atom is -0.335 e. The summed E-state index contributed by atoms with van der Waals surface area (Å²) in [5, 5.41) is 0. The van der Waals surface area contributed by atoms with Crippen LogP contribution in [-0.4, -0.2) is 43.3 Å². The molecule has 0 spiro atoms. The van der Waals surface area contributed by atoms with Crippen molar-refractivity contribution in [3.8, 4) is 0 Å². The molecule has 0 radical (unpaired) electrons. The van der Waals surface area contributed by atoms with Gasteiger partial charge in [-0.05, 0) is 53.6 Å². The lowest BCUT2D eigenvalue weighted by Gasteiger charge is -2.28. The summed E-state index contributed by atoms with van der Waals surface area (Å²) in [5.74, 6) is 0.229. The Kier molecular flexibility index (Phi) is 5.06. The van der Waals surface area contributed by atoms with Crippen LogP contribution in [0, 0.1) is 3.57 Å². The molecule has 1 saturated heterocycles. The van der Waals surface area contributed by atoms with Crippen LogP contribution >= 0.6 is 22.6 Å². The van der Waals surface area contributed by atoms with E-state index < -0.39 is 9.84 Å². The number of hydrogen-bond donors (Lipinski definition) is 0. The zero-order valence-electron chi connectivity index (χ0n) is 11.4. The van der Waals surface area contributed by atoms with E-state index in [4.69, 9.17) is 0 Å². The van der Waals surface area contributed by atoms with Crippen LogP contribution in [0.3, 0.4) is 0 Å². The van der Waals surface area contributed by atoms with Crippen molar-refractivity contribution >= 4 is 38.3 Å². The van der Waals surface area contributed by atoms with Gasteiger partial charge in [0.05, 0.1) is 11.5 Å². The standard InChI is InChI=1S/C14H18INO3S/c1-2-7-16(13-6-8-20(18,19)10-13)14(17)11-4-3-5-12(15)9-11/h3-5,9,13H,2,6-8,10H2,1H3/t13-/m1/s1. The molecule has 1 heterocycles. The van der Waals surface area contributed by atoms with Crippen molar-refractivity contribution in [1.82, 2.24) is 4.90 Å². The predicted octanol–water partition coefficient (Wildman–Crippen LogP) is 2.33. The minimum absolute atomic E-state index is 0.0625. The Hall–Kier alpha value is -0.630. The predicted molar refractivity (Wildman–Crippen MR) is 87.5 cm³/mol. The van der Waals surface area contributed by atoms with Gasteiger partial charge >= 0.3 is 0 Å². The third-order valence-electron chi connectivity index (χ3n) is 3.45. The maximum absolute atomic E-state index is 12.6. The first-order valence-electron chi connectivity index (χ1n) is 6.70. The lowest BCUT2D eigenvalue weighted by molar-refractivity contribution is 0.0697. The Balaban J connectivity index is 2.22. The molecule has 0 aliphatic carbocycles. The molecule has 0 aromatic heterocycles. The van der Waals surface area contributed by atoms with Crippen LogP contribution < -0.4 is 0 Å². The molecule has 6 heteroatoms. The molecule has 0 N–H and O–H groups in total. The molecule has 1 fully saturated rings. The van der Waals surface area contributed by atoms with Crippen molar-refractivity contribution in [1.29, 1.82) is 0 Å². The molecule has 2 rings (SSSR count). The van der Waals surface area contributed by atoms with E-state index in [1.54, 1.807) is 11.0 Å². The van der Waals surface area contributed by atoms with Gasteiger partial charge in [-0.2, -0.15) is 0 Å². The average Bonchev–Trinajstić information content (AvgIpc) is 2.75. The number of carbonyl (C=O) groups is 1. The van der Waals surface area contributed by atoms with Crippen LogP contribution in [0.4, 0.5) is 0 Å². The highest BCUT2D eigenvalue weighted by molar-refractivity contribution is 14.1. The Labute approximate surface area is 133 Å². The van der Waals surface area contributed by atoms with E-state index in [1.165, 1.54) is 0 Å². The Morgan fingerprint density at radius 3 is 2.75 bits per heavy atom. The second-order valence-corrected chi connectivity index (χ2v) is 8.54. The average molecular weight is 407 g/mol. The lowest BCUT2D eigenvalue weighted by atomic mass is 10.1. The summed E-state index contributed by atoms with van der Waals surface area (Å²) in [5.41, 5.74) is 0.634. The normalized spacial score (nSPS) is 20.8. The van der Waals surface area contributed by atoms with Gasteiger partial charge in [-0.25, -0.2) is 8.42 Å². The van der Waals surface area contributed by atoms with Gasteiger partial charge in [0.25, 0.3) is 5.91 Å². The van der Waals surface area contributed by atoms with Gasteiger partial charge in [-0.3, -0.25) is 4.79 Å². The van der Waals surface area contributed by atoms with Crippen LogP contribution in [0.1, 0.15) is 30.1 Å². The Morgan fingerprint density at radius 1 is 1.45 bits per heavy atom. The zero-order valence-corrected chi connectivity index (χ0v) is 14.4. The van der Waals surface area contributed by atoms with E-state index in [9.17, 15) is 13.2 Å². The fraction of sp³-hybridized carbons (Fsp3) is 0.500. The van der Waals surface area contributed by atoms with Crippen LogP contribution in [0.15, 0.2) is 24.3 Å². The smallest absolute Gasteiger partial charge is 0.254 e. The van der Waals surface area contributed by atoms with Crippen LogP contribution in [-0.2, 0) is 9.84 Å². The summed E-state index contributed by atoms with van der Waals surface area (Å²) >= 11 is 2.17. The van der Waals surface area contributed by atoms with E-state index in [1.807, 2.05) is 25.1 Å². The van der Waals surface area contributed by atoms with Gasteiger partial charge in [0.2, 0.25) is 0 Å². The number of rotatable bonds is 4. The molecular weight excluding hydrogens is 389 g/mol. The third kappa shape index (κ3) is 3.72. The Morgan fingerprint density at radius 2 is 2.20 bits per heavy atom. The second-order valence-electron chi connectivity index (χ2n) is 5.07. The number of benzene rings is 1. The summed E-state index contributed by atoms with van der Waals surface area (Å²) in [6, 6.07) is 7.24. The van der Waals surface area contributed by atoms with Crippen LogP contribution in [0.5, 0.6) is 0 Å². The molecule has 1 aromatic carbocycles. The summed E-state index contributed by atoms with van der Waals surface area (Å²) in [6.45, 7) is 2.60. The summed E-state index contributed by atoms with van der Waals surface area (Å²) in [6.07, 6.45) is 1.38. The lowest BCUT2D eigenvalue weighted by Crippen LogP contribution is -2.41. The largest absolute Gasteiger partial charge is 0.335 e. The highest BCUT2D eigenvalue weighted by Crippen LogP contribution is 2.21. The van der Waals surface area contributed by atoms with Crippen molar-refractivity contribution in [3.63, 3.8) is 0 Å². The molecule has 1 aliphatic rings. The van der Waals surface area contributed by atoms with Crippen molar-refractivity contribution in [2.45, 2.75) is 25.8 Å². The fourth-order valence-corrected chi connectivity index (χ4v) is 4.77. The molecule has 110 valence electrons. The van der Waals surface area contributed by atoms with Crippen molar-refractivity contribution in [3.05, 3.63) is 33.4 Å². The van der Waals surface area contributed by atoms with Crippen LogP contribution in [0.25, 0.3) is 0 Å². The van der Waals surface area contributed by atoms with Crippen molar-refractivity contribution < 1.29 is 13.2 Å². The number of hydrogen-bond acceptors (Lipinski definition) is 3. The molecule has 1 aliphatic heterocycles. The maximum atomic E-state index is 12.6. The van der Waals surface area contributed by atoms with E-state index in [2.05, 4.69) is 22.6 Å². The molecule has 20 heavy (non-hydrogen) atoms. The van der Waals surface area contributed by atoms with E-state index in [0.29, 0.717) is 18.5 Å². The molecular formula is C14H18INO3S. The number of nitrogens with zero attached hydrogens (tertiary/aromatic N) is 1. The quantitative estimate of drug-likeness (QED) is 0.721. The third-order valence-corrected chi connectivity index (χ3v) is 5.87. The highest BCUT2D eigenvalue weighted by atomic mass is 127. The number of halogens is 1. The summed E-state index contributed by atoms with van der Waals surface area (Å²) in [4.78, 5) is 14.3. The first-order valence-corrected chi connectivity index (χ1v) is 9.60. The molecule has 0 saturated carbocycles. The van der Waals surface area contributed by atoms with E-state index in [0.717, 1.165) is 9.99 Å². The van der Waals surface area contributed by atoms with Gasteiger partial charge < -0.3 is 4.90 Å². The van der Waals surface area contributed by atoms with Gasteiger partial charge in [0.15, 0.2) is 9.84 Å². The topological polar surface area (TPSA) is 54.5 Å². The van der Waals surface area contributed by atoms with Gasteiger partial charge in [0.1, 0.15) is 0 Å². The molecule has 0 bridgehead atoms. The summed E-state index contributed by atoms with van der Waals surface area (Å²) in [7, 11) is -2.98. The van der Waals surface area contributed by atoms with Gasteiger partial charge in [0, 0.05) is 21.7 Å². The molecule has 1 atom stereocenters. The second kappa shape index (κ2) is 6.43. The molecule has 4 nitrogen and oxygen atoms in total. The first kappa shape index (κ1) is 15.8. The SMILES string of the molecule is CCCN(C(=O)c1cccc(I)c1)[C@@H]1CCS(=O)(=O)C1. The zero-order chi connectivity index (χ0) is 14.8. The van der Waals surface area contributed by atoms with Crippen molar-refractivity contribution in [2.24, 2.45) is 0 Å². The van der Waals surface area contributed by atoms with E-state index >= 15 is 0 Å². The van der Waals surface area contributed by atoms with Gasteiger partial charge in [-0.15, -0.1) is 0 Å². The number of sulfone groups is 1. The van der Waals surface area contributed by atoms with Gasteiger partial charge in [-0.1, -0.05) is 13.0 Å².